The number of carbonyl (C=O) groups excluding carboxylic acids is 3. The molecule has 27 heavy (non-hydrogen) atoms. The maximum absolute atomic E-state index is 12.3. The van der Waals surface area contributed by atoms with E-state index in [0.717, 1.165) is 12.8 Å². The fraction of sp³-hybridized carbons (Fsp3) is 0.438. The van der Waals surface area contributed by atoms with Crippen LogP contribution in [0.2, 0.25) is 5.02 Å². The summed E-state index contributed by atoms with van der Waals surface area (Å²) >= 11 is 5.77. The van der Waals surface area contributed by atoms with Crippen LogP contribution >= 0.6 is 11.6 Å². The second-order valence-electron chi connectivity index (χ2n) is 6.12. The first-order valence-corrected chi connectivity index (χ1v) is 10.0. The van der Waals surface area contributed by atoms with Gasteiger partial charge in [-0.25, -0.2) is 13.2 Å². The Morgan fingerprint density at radius 3 is 2.48 bits per heavy atom. The zero-order chi connectivity index (χ0) is 20.2. The summed E-state index contributed by atoms with van der Waals surface area (Å²) in [5, 5.41) is 4.84. The Hall–Kier alpha value is -2.17. The zero-order valence-corrected chi connectivity index (χ0v) is 16.3. The molecule has 2 atom stereocenters. The Morgan fingerprint density at radius 2 is 1.89 bits per heavy atom. The van der Waals surface area contributed by atoms with Crippen LogP contribution in [0.5, 0.6) is 0 Å². The van der Waals surface area contributed by atoms with Crippen molar-refractivity contribution in [3.05, 3.63) is 29.3 Å². The molecule has 1 saturated carbocycles. The second kappa shape index (κ2) is 8.68. The summed E-state index contributed by atoms with van der Waals surface area (Å²) in [5.74, 6) is -1.78. The maximum atomic E-state index is 12.3. The number of sulfonamides is 1. The standard InChI is InChI=1S/C16H20ClN3O6S/c1-9(20-27(24,25)13-5-3-4-11(17)8-13)15(22)26-10(2)14(21)19-16(23)18-12-6-7-12/h3-5,8-10,12,20H,6-7H2,1-2H3,(H2,18,19,21,23)/t9-,10+/m1/s1. The van der Waals surface area contributed by atoms with E-state index in [-0.39, 0.29) is 16.0 Å². The minimum atomic E-state index is -4.01. The smallest absolute Gasteiger partial charge is 0.324 e. The lowest BCUT2D eigenvalue weighted by Crippen LogP contribution is -2.47. The molecule has 1 aliphatic rings. The third-order valence-corrected chi connectivity index (χ3v) is 5.38. The number of nitrogens with one attached hydrogen (secondary N) is 3. The lowest BCUT2D eigenvalue weighted by molar-refractivity contribution is -0.155. The number of halogens is 1. The molecular formula is C16H20ClN3O6S. The molecule has 1 aromatic rings. The van der Waals surface area contributed by atoms with Crippen LogP contribution in [0.3, 0.4) is 0 Å². The largest absolute Gasteiger partial charge is 0.451 e. The molecule has 3 amide bonds. The highest BCUT2D eigenvalue weighted by Crippen LogP contribution is 2.18. The molecule has 9 nitrogen and oxygen atoms in total. The van der Waals surface area contributed by atoms with Gasteiger partial charge in [0.2, 0.25) is 10.0 Å². The third-order valence-electron chi connectivity index (χ3n) is 3.60. The highest BCUT2D eigenvalue weighted by atomic mass is 35.5. The molecular weight excluding hydrogens is 398 g/mol. The molecule has 0 unspecified atom stereocenters. The minimum Gasteiger partial charge on any atom is -0.451 e. The number of hydrogen-bond acceptors (Lipinski definition) is 6. The Bertz CT molecular complexity index is 840. The number of amides is 3. The SMILES string of the molecule is C[C@H](OC(=O)[C@@H](C)NS(=O)(=O)c1cccc(Cl)c1)C(=O)NC(=O)NC1CC1. The van der Waals surface area contributed by atoms with E-state index in [0.29, 0.717) is 0 Å². The van der Waals surface area contributed by atoms with Crippen LogP contribution in [0.4, 0.5) is 4.79 Å². The average molecular weight is 418 g/mol. The van der Waals surface area contributed by atoms with Crippen LogP contribution < -0.4 is 15.4 Å². The molecule has 0 spiro atoms. The van der Waals surface area contributed by atoms with E-state index in [2.05, 4.69) is 15.4 Å². The molecule has 1 aromatic carbocycles. The van der Waals surface area contributed by atoms with Crippen molar-refractivity contribution in [1.29, 1.82) is 0 Å². The lowest BCUT2D eigenvalue weighted by atomic mass is 10.3. The number of imide groups is 1. The quantitative estimate of drug-likeness (QED) is 0.565. The topological polar surface area (TPSA) is 131 Å². The molecule has 0 radical (unpaired) electrons. The van der Waals surface area contributed by atoms with E-state index in [1.165, 1.54) is 38.1 Å². The lowest BCUT2D eigenvalue weighted by Gasteiger charge is -2.17. The summed E-state index contributed by atoms with van der Waals surface area (Å²) in [6.07, 6.45) is 0.438. The Kier molecular flexibility index (Phi) is 6.79. The van der Waals surface area contributed by atoms with Crippen molar-refractivity contribution in [3.63, 3.8) is 0 Å². The number of benzene rings is 1. The summed E-state index contributed by atoms with van der Waals surface area (Å²) in [4.78, 5) is 35.3. The van der Waals surface area contributed by atoms with Gasteiger partial charge in [0.15, 0.2) is 6.10 Å². The number of rotatable bonds is 7. The number of ether oxygens (including phenoxy) is 1. The minimum absolute atomic E-state index is 0.0663. The van der Waals surface area contributed by atoms with Crippen molar-refractivity contribution >= 4 is 39.5 Å². The molecule has 0 saturated heterocycles. The second-order valence-corrected chi connectivity index (χ2v) is 8.27. The monoisotopic (exact) mass is 417 g/mol. The first-order valence-electron chi connectivity index (χ1n) is 8.18. The number of carbonyl (C=O) groups is 3. The molecule has 148 valence electrons. The van der Waals surface area contributed by atoms with Gasteiger partial charge in [0, 0.05) is 11.1 Å². The van der Waals surface area contributed by atoms with Gasteiger partial charge in [-0.05, 0) is 44.9 Å². The zero-order valence-electron chi connectivity index (χ0n) is 14.7. The maximum Gasteiger partial charge on any atom is 0.324 e. The summed E-state index contributed by atoms with van der Waals surface area (Å²) in [5.41, 5.74) is 0. The van der Waals surface area contributed by atoms with Gasteiger partial charge in [-0.2, -0.15) is 4.72 Å². The first-order chi connectivity index (χ1) is 12.6. The molecule has 0 aromatic heterocycles. The van der Waals surface area contributed by atoms with Gasteiger partial charge < -0.3 is 10.1 Å². The Morgan fingerprint density at radius 1 is 1.22 bits per heavy atom. The number of hydrogen-bond donors (Lipinski definition) is 3. The van der Waals surface area contributed by atoms with E-state index in [1.807, 2.05) is 0 Å². The van der Waals surface area contributed by atoms with Crippen molar-refractivity contribution in [3.8, 4) is 0 Å². The van der Waals surface area contributed by atoms with Gasteiger partial charge >= 0.3 is 12.0 Å². The highest BCUT2D eigenvalue weighted by molar-refractivity contribution is 7.89. The molecule has 0 aliphatic heterocycles. The van der Waals surface area contributed by atoms with Gasteiger partial charge in [0.25, 0.3) is 5.91 Å². The van der Waals surface area contributed by atoms with Crippen LogP contribution in [-0.2, 0) is 24.3 Å². The van der Waals surface area contributed by atoms with E-state index >= 15 is 0 Å². The fourth-order valence-electron chi connectivity index (χ4n) is 1.98. The van der Waals surface area contributed by atoms with Gasteiger partial charge in [-0.3, -0.25) is 14.9 Å². The van der Waals surface area contributed by atoms with Gasteiger partial charge in [0.05, 0.1) is 4.90 Å². The molecule has 0 heterocycles. The van der Waals surface area contributed by atoms with E-state index in [4.69, 9.17) is 16.3 Å². The summed E-state index contributed by atoms with van der Waals surface area (Å²) < 4.78 is 31.6. The molecule has 2 rings (SSSR count). The summed E-state index contributed by atoms with van der Waals surface area (Å²) in [7, 11) is -4.01. The number of urea groups is 1. The Balaban J connectivity index is 1.88. The Labute approximate surface area is 161 Å². The summed E-state index contributed by atoms with van der Waals surface area (Å²) in [6.45, 7) is 2.55. The predicted molar refractivity (Wildman–Crippen MR) is 96.5 cm³/mol. The third kappa shape index (κ3) is 6.49. The van der Waals surface area contributed by atoms with Crippen molar-refractivity contribution in [1.82, 2.24) is 15.4 Å². The van der Waals surface area contributed by atoms with Crippen molar-refractivity contribution in [2.75, 3.05) is 0 Å². The van der Waals surface area contributed by atoms with Gasteiger partial charge in [-0.1, -0.05) is 17.7 Å². The van der Waals surface area contributed by atoms with Crippen LogP contribution in [-0.4, -0.2) is 44.5 Å². The van der Waals surface area contributed by atoms with Crippen LogP contribution in [0.1, 0.15) is 26.7 Å². The first kappa shape index (κ1) is 21.1. The van der Waals surface area contributed by atoms with E-state index in [9.17, 15) is 22.8 Å². The van der Waals surface area contributed by atoms with Crippen molar-refractivity contribution in [2.45, 2.75) is 49.8 Å². The fourth-order valence-corrected chi connectivity index (χ4v) is 3.47. The van der Waals surface area contributed by atoms with Gasteiger partial charge in [-0.15, -0.1) is 0 Å². The normalized spacial score (nSPS) is 16.1. The predicted octanol–water partition coefficient (Wildman–Crippen LogP) is 0.927. The number of esters is 1. The summed E-state index contributed by atoms with van der Waals surface area (Å²) in [6, 6.07) is 3.66. The van der Waals surface area contributed by atoms with Crippen LogP contribution in [0.15, 0.2) is 29.2 Å². The van der Waals surface area contributed by atoms with Crippen LogP contribution in [0, 0.1) is 0 Å². The van der Waals surface area contributed by atoms with Crippen molar-refractivity contribution < 1.29 is 27.5 Å². The highest BCUT2D eigenvalue weighted by Gasteiger charge is 2.28. The van der Waals surface area contributed by atoms with Gasteiger partial charge in [0.1, 0.15) is 6.04 Å². The molecule has 3 N–H and O–H groups in total. The molecule has 1 fully saturated rings. The molecule has 1 aliphatic carbocycles. The van der Waals surface area contributed by atoms with Crippen LogP contribution in [0.25, 0.3) is 0 Å². The molecule has 0 bridgehead atoms. The van der Waals surface area contributed by atoms with E-state index < -0.39 is 40.1 Å². The van der Waals surface area contributed by atoms with Crippen molar-refractivity contribution in [2.24, 2.45) is 0 Å². The average Bonchev–Trinajstić information content (AvgIpc) is 3.37. The molecule has 11 heteroatoms. The van der Waals surface area contributed by atoms with E-state index in [1.54, 1.807) is 0 Å².